The van der Waals surface area contributed by atoms with Crippen LogP contribution < -0.4 is 16.0 Å². The molecule has 5 nitrogen and oxygen atoms in total. The van der Waals surface area contributed by atoms with Crippen LogP contribution in [0.15, 0.2) is 36.4 Å². The van der Waals surface area contributed by atoms with E-state index < -0.39 is 5.82 Å². The normalized spacial score (nSPS) is 11.7. The van der Waals surface area contributed by atoms with Gasteiger partial charge in [0.1, 0.15) is 5.82 Å². The third kappa shape index (κ3) is 5.17. The lowest BCUT2D eigenvalue weighted by Crippen LogP contribution is -2.30. The van der Waals surface area contributed by atoms with E-state index in [1.165, 1.54) is 19.2 Å². The maximum atomic E-state index is 13.6. The number of carbonyl (C=O) groups is 2. The molecule has 2 aromatic rings. The van der Waals surface area contributed by atoms with E-state index in [0.29, 0.717) is 21.8 Å². The van der Waals surface area contributed by atoms with Gasteiger partial charge >= 0.3 is 0 Å². The lowest BCUT2D eigenvalue weighted by Gasteiger charge is -2.16. The van der Waals surface area contributed by atoms with Gasteiger partial charge in [0, 0.05) is 29.4 Å². The molecule has 0 radical (unpaired) electrons. The molecule has 8 heteroatoms. The van der Waals surface area contributed by atoms with Crippen molar-refractivity contribution in [2.24, 2.45) is 0 Å². The van der Waals surface area contributed by atoms with Crippen molar-refractivity contribution in [3.05, 3.63) is 63.4 Å². The zero-order valence-electron chi connectivity index (χ0n) is 14.2. The van der Waals surface area contributed by atoms with E-state index in [1.807, 2.05) is 0 Å². The first-order valence-corrected chi connectivity index (χ1v) is 8.57. The Morgan fingerprint density at radius 2 is 1.88 bits per heavy atom. The highest BCUT2D eigenvalue weighted by Crippen LogP contribution is 2.28. The van der Waals surface area contributed by atoms with Crippen molar-refractivity contribution in [1.82, 2.24) is 10.6 Å². The minimum absolute atomic E-state index is 0.0219. The monoisotopic (exact) mass is 397 g/mol. The zero-order chi connectivity index (χ0) is 19.3. The summed E-state index contributed by atoms with van der Waals surface area (Å²) in [6, 6.07) is 8.78. The van der Waals surface area contributed by atoms with Gasteiger partial charge in [-0.15, -0.1) is 0 Å². The van der Waals surface area contributed by atoms with Crippen molar-refractivity contribution < 1.29 is 14.0 Å². The van der Waals surface area contributed by atoms with Crippen molar-refractivity contribution >= 4 is 40.7 Å². The Morgan fingerprint density at radius 3 is 2.58 bits per heavy atom. The van der Waals surface area contributed by atoms with Gasteiger partial charge in [-0.2, -0.15) is 0 Å². The van der Waals surface area contributed by atoms with E-state index in [0.717, 1.165) is 0 Å². The summed E-state index contributed by atoms with van der Waals surface area (Å²) in [4.78, 5) is 23.7. The number of benzene rings is 2. The Balaban J connectivity index is 1.97. The molecule has 0 spiro atoms. The molecule has 0 saturated heterocycles. The maximum absolute atomic E-state index is 13.6. The summed E-state index contributed by atoms with van der Waals surface area (Å²) >= 11 is 11.8. The Bertz CT molecular complexity index is 830. The van der Waals surface area contributed by atoms with Crippen LogP contribution in [-0.2, 0) is 4.79 Å². The molecule has 3 N–H and O–H groups in total. The highest BCUT2D eigenvalue weighted by Gasteiger charge is 2.14. The molecule has 0 saturated carbocycles. The maximum Gasteiger partial charge on any atom is 0.251 e. The first-order chi connectivity index (χ1) is 12.3. The van der Waals surface area contributed by atoms with Gasteiger partial charge in [0.15, 0.2) is 0 Å². The molecule has 0 aromatic heterocycles. The van der Waals surface area contributed by atoms with Crippen molar-refractivity contribution in [3.8, 4) is 0 Å². The molecule has 2 aromatic carbocycles. The highest BCUT2D eigenvalue weighted by atomic mass is 35.5. The van der Waals surface area contributed by atoms with Crippen LogP contribution in [0.1, 0.15) is 28.9 Å². The molecule has 0 aliphatic rings. The fourth-order valence-electron chi connectivity index (χ4n) is 2.31. The largest absolute Gasteiger partial charge is 0.355 e. The minimum Gasteiger partial charge on any atom is -0.355 e. The third-order valence-corrected chi connectivity index (χ3v) is 4.33. The zero-order valence-corrected chi connectivity index (χ0v) is 15.7. The van der Waals surface area contributed by atoms with Gasteiger partial charge in [0.25, 0.3) is 5.91 Å². The topological polar surface area (TPSA) is 70.2 Å². The van der Waals surface area contributed by atoms with Crippen LogP contribution in [0, 0.1) is 5.82 Å². The van der Waals surface area contributed by atoms with Crippen molar-refractivity contribution in [2.45, 2.75) is 13.0 Å². The van der Waals surface area contributed by atoms with Gasteiger partial charge in [0.2, 0.25) is 5.91 Å². The van der Waals surface area contributed by atoms with Gasteiger partial charge in [-0.3, -0.25) is 9.59 Å². The molecule has 1 atom stereocenters. The molecule has 0 heterocycles. The fourth-order valence-corrected chi connectivity index (χ4v) is 2.86. The molecule has 0 unspecified atom stereocenters. The highest BCUT2D eigenvalue weighted by molar-refractivity contribution is 6.35. The second-order valence-electron chi connectivity index (χ2n) is 5.60. The van der Waals surface area contributed by atoms with E-state index in [9.17, 15) is 14.0 Å². The lowest BCUT2D eigenvalue weighted by molar-refractivity contribution is -0.115. The molecule has 0 aliphatic heterocycles. The summed E-state index contributed by atoms with van der Waals surface area (Å²) in [5.74, 6) is -1.13. The van der Waals surface area contributed by atoms with Crippen molar-refractivity contribution in [1.29, 1.82) is 0 Å². The first kappa shape index (κ1) is 20.2. The van der Waals surface area contributed by atoms with Crippen LogP contribution in [0.3, 0.4) is 0 Å². The second kappa shape index (κ2) is 8.98. The van der Waals surface area contributed by atoms with Crippen LogP contribution in [0.5, 0.6) is 0 Å². The molecule has 26 heavy (non-hydrogen) atoms. The predicted molar refractivity (Wildman–Crippen MR) is 101 cm³/mol. The molecule has 0 aliphatic carbocycles. The molecule has 0 fully saturated rings. The quantitative estimate of drug-likeness (QED) is 0.649. The van der Waals surface area contributed by atoms with Gasteiger partial charge in [-0.05, 0) is 42.8 Å². The van der Waals surface area contributed by atoms with Crippen LogP contribution in [0.25, 0.3) is 0 Å². The SMILES string of the molecule is CNC(=O)c1cccc(NC(=O)CN[C@@H](C)c2cc(F)c(Cl)cc2Cl)c1. The van der Waals surface area contributed by atoms with Gasteiger partial charge in [-0.25, -0.2) is 4.39 Å². The van der Waals surface area contributed by atoms with Gasteiger partial charge in [0.05, 0.1) is 11.6 Å². The third-order valence-electron chi connectivity index (χ3n) is 3.71. The van der Waals surface area contributed by atoms with Crippen LogP contribution in [-0.4, -0.2) is 25.4 Å². The van der Waals surface area contributed by atoms with Crippen molar-refractivity contribution in [2.75, 3.05) is 18.9 Å². The Kier molecular flexibility index (Phi) is 6.97. The number of hydrogen-bond donors (Lipinski definition) is 3. The molecule has 138 valence electrons. The summed E-state index contributed by atoms with van der Waals surface area (Å²) in [5.41, 5.74) is 1.44. The number of nitrogens with one attached hydrogen (secondary N) is 3. The number of halogens is 3. The summed E-state index contributed by atoms with van der Waals surface area (Å²) in [7, 11) is 1.53. The van der Waals surface area contributed by atoms with E-state index in [2.05, 4.69) is 16.0 Å². The van der Waals surface area contributed by atoms with E-state index in [-0.39, 0.29) is 29.4 Å². The summed E-state index contributed by atoms with van der Waals surface area (Å²) in [6.45, 7) is 1.74. The fraction of sp³-hybridized carbons (Fsp3) is 0.222. The number of rotatable bonds is 6. The molecule has 0 bridgehead atoms. The molecular formula is C18H18Cl2FN3O2. The van der Waals surface area contributed by atoms with Gasteiger partial charge < -0.3 is 16.0 Å². The van der Waals surface area contributed by atoms with Crippen LogP contribution in [0.2, 0.25) is 10.0 Å². The number of amides is 2. The minimum atomic E-state index is -0.574. The van der Waals surface area contributed by atoms with E-state index in [1.54, 1.807) is 31.2 Å². The standard InChI is InChI=1S/C18H18Cl2FN3O2/c1-10(13-7-16(21)15(20)8-14(13)19)23-9-17(25)24-12-5-3-4-11(6-12)18(26)22-2/h3-8,10,23H,9H2,1-2H3,(H,22,26)(H,24,25)/t10-/m0/s1. The van der Waals surface area contributed by atoms with E-state index in [4.69, 9.17) is 23.2 Å². The average molecular weight is 398 g/mol. The Labute approximate surface area is 160 Å². The second-order valence-corrected chi connectivity index (χ2v) is 6.41. The Morgan fingerprint density at radius 1 is 1.15 bits per heavy atom. The van der Waals surface area contributed by atoms with Gasteiger partial charge in [-0.1, -0.05) is 29.3 Å². The summed E-state index contributed by atoms with van der Waals surface area (Å²) in [6.07, 6.45) is 0. The van der Waals surface area contributed by atoms with Crippen molar-refractivity contribution in [3.63, 3.8) is 0 Å². The predicted octanol–water partition coefficient (Wildman–Crippen LogP) is 3.78. The molecular weight excluding hydrogens is 380 g/mol. The Hall–Kier alpha value is -2.15. The average Bonchev–Trinajstić information content (AvgIpc) is 2.62. The van der Waals surface area contributed by atoms with Crippen LogP contribution in [0.4, 0.5) is 10.1 Å². The van der Waals surface area contributed by atoms with Crippen LogP contribution >= 0.6 is 23.2 Å². The smallest absolute Gasteiger partial charge is 0.251 e. The first-order valence-electron chi connectivity index (χ1n) is 7.81. The molecule has 2 rings (SSSR count). The number of anilines is 1. The summed E-state index contributed by atoms with van der Waals surface area (Å²) < 4.78 is 13.6. The summed E-state index contributed by atoms with van der Waals surface area (Å²) in [5, 5.41) is 8.44. The number of carbonyl (C=O) groups excluding carboxylic acids is 2. The molecule has 2 amide bonds. The van der Waals surface area contributed by atoms with E-state index >= 15 is 0 Å². The number of hydrogen-bond acceptors (Lipinski definition) is 3. The lowest BCUT2D eigenvalue weighted by atomic mass is 10.1.